The molecule has 0 amide bonds. The third-order valence-electron chi connectivity index (χ3n) is 4.60. The Bertz CT molecular complexity index is 584. The van der Waals surface area contributed by atoms with E-state index in [2.05, 4.69) is 34.6 Å². The Hall–Kier alpha value is -1.65. The summed E-state index contributed by atoms with van der Waals surface area (Å²) in [5, 5.41) is 3.48. The van der Waals surface area contributed by atoms with Gasteiger partial charge in [0, 0.05) is 25.4 Å². The summed E-state index contributed by atoms with van der Waals surface area (Å²) >= 11 is 0. The Labute approximate surface area is 118 Å². The quantitative estimate of drug-likeness (QED) is 0.923. The smallest absolute Gasteiger partial charge is 0.181 e. The number of hydrogen-bond acceptors (Lipinski definition) is 4. The summed E-state index contributed by atoms with van der Waals surface area (Å²) in [5.74, 6) is 1.53. The van der Waals surface area contributed by atoms with Crippen LogP contribution >= 0.6 is 0 Å². The van der Waals surface area contributed by atoms with Gasteiger partial charge in [-0.3, -0.25) is 0 Å². The minimum atomic E-state index is -0.0133. The summed E-state index contributed by atoms with van der Waals surface area (Å²) < 4.78 is 11.5. The van der Waals surface area contributed by atoms with E-state index in [1.54, 1.807) is 6.39 Å². The molecule has 2 saturated heterocycles. The summed E-state index contributed by atoms with van der Waals surface area (Å²) in [5.41, 5.74) is 2.30. The van der Waals surface area contributed by atoms with E-state index in [4.69, 9.17) is 9.15 Å². The van der Waals surface area contributed by atoms with E-state index in [0.717, 1.165) is 44.2 Å². The van der Waals surface area contributed by atoms with Gasteiger partial charge in [0.1, 0.15) is 5.76 Å². The lowest BCUT2D eigenvalue weighted by molar-refractivity contribution is 0.165. The molecule has 0 aliphatic carbocycles. The molecule has 2 aliphatic heterocycles. The number of nitrogens with zero attached hydrogens (tertiary/aromatic N) is 1. The van der Waals surface area contributed by atoms with Gasteiger partial charge in [-0.15, -0.1) is 0 Å². The Balaban J connectivity index is 1.69. The highest BCUT2D eigenvalue weighted by atomic mass is 16.5. The highest BCUT2D eigenvalue weighted by Gasteiger charge is 2.52. The summed E-state index contributed by atoms with van der Waals surface area (Å²) in [6.07, 6.45) is 2.40. The average molecular weight is 270 g/mol. The zero-order chi connectivity index (χ0) is 13.4. The number of benzene rings is 1. The molecular formula is C16H18N2O2. The molecule has 1 N–H and O–H groups in total. The van der Waals surface area contributed by atoms with E-state index >= 15 is 0 Å². The molecule has 0 spiro atoms. The molecule has 4 nitrogen and oxygen atoms in total. The second-order valence-corrected chi connectivity index (χ2v) is 5.79. The predicted molar refractivity (Wildman–Crippen MR) is 74.6 cm³/mol. The van der Waals surface area contributed by atoms with Crippen LogP contribution in [0.4, 0.5) is 0 Å². The molecule has 2 aliphatic rings. The summed E-state index contributed by atoms with van der Waals surface area (Å²) in [4.78, 5) is 4.46. The lowest BCUT2D eigenvalue weighted by Crippen LogP contribution is -2.35. The largest absolute Gasteiger partial charge is 0.447 e. The van der Waals surface area contributed by atoms with Crippen molar-refractivity contribution < 1.29 is 9.15 Å². The third kappa shape index (κ3) is 1.79. The number of nitrogens with one attached hydrogen (secondary N) is 1. The van der Waals surface area contributed by atoms with Crippen molar-refractivity contribution in [2.75, 3.05) is 26.3 Å². The van der Waals surface area contributed by atoms with Gasteiger partial charge in [0.15, 0.2) is 6.39 Å². The molecule has 3 heterocycles. The van der Waals surface area contributed by atoms with Crippen LogP contribution < -0.4 is 5.32 Å². The molecule has 20 heavy (non-hydrogen) atoms. The standard InChI is InChI=1S/C16H18N2O2/c1-2-4-12(5-3-1)6-14-15(20-11-18-14)16-9-17-7-13(16)8-19-10-16/h1-5,11,13,17H,6-10H2/t13-,16-/m0/s1. The van der Waals surface area contributed by atoms with Crippen molar-refractivity contribution in [1.82, 2.24) is 10.3 Å². The molecule has 2 fully saturated rings. The lowest BCUT2D eigenvalue weighted by atomic mass is 9.77. The molecular weight excluding hydrogens is 252 g/mol. The highest BCUT2D eigenvalue weighted by molar-refractivity contribution is 5.30. The number of aromatic nitrogens is 1. The van der Waals surface area contributed by atoms with Gasteiger partial charge in [0.2, 0.25) is 0 Å². The zero-order valence-electron chi connectivity index (χ0n) is 11.3. The fraction of sp³-hybridized carbons (Fsp3) is 0.438. The van der Waals surface area contributed by atoms with Crippen molar-refractivity contribution in [3.63, 3.8) is 0 Å². The van der Waals surface area contributed by atoms with Crippen LogP contribution in [0.15, 0.2) is 41.1 Å². The van der Waals surface area contributed by atoms with E-state index in [-0.39, 0.29) is 5.41 Å². The van der Waals surface area contributed by atoms with Crippen molar-refractivity contribution in [3.8, 4) is 0 Å². The maximum atomic E-state index is 5.79. The van der Waals surface area contributed by atoms with E-state index in [1.165, 1.54) is 5.56 Å². The first-order valence-corrected chi connectivity index (χ1v) is 7.14. The van der Waals surface area contributed by atoms with Crippen molar-refractivity contribution in [3.05, 3.63) is 53.7 Å². The normalized spacial score (nSPS) is 28.7. The maximum Gasteiger partial charge on any atom is 0.181 e. The van der Waals surface area contributed by atoms with Gasteiger partial charge < -0.3 is 14.5 Å². The lowest BCUT2D eigenvalue weighted by Gasteiger charge is -2.24. The Morgan fingerprint density at radius 3 is 3.10 bits per heavy atom. The van der Waals surface area contributed by atoms with Crippen LogP contribution in [-0.4, -0.2) is 31.3 Å². The van der Waals surface area contributed by atoms with Crippen LogP contribution in [0, 0.1) is 5.92 Å². The number of ether oxygens (including phenoxy) is 1. The van der Waals surface area contributed by atoms with Gasteiger partial charge in [0.25, 0.3) is 0 Å². The molecule has 2 atom stereocenters. The Morgan fingerprint density at radius 2 is 2.20 bits per heavy atom. The van der Waals surface area contributed by atoms with Crippen LogP contribution in [0.5, 0.6) is 0 Å². The first-order chi connectivity index (χ1) is 9.88. The number of fused-ring (bicyclic) bond motifs is 1. The summed E-state index contributed by atoms with van der Waals surface area (Å²) in [6, 6.07) is 10.4. The van der Waals surface area contributed by atoms with Crippen LogP contribution in [0.1, 0.15) is 17.0 Å². The van der Waals surface area contributed by atoms with E-state index < -0.39 is 0 Å². The second kappa shape index (κ2) is 4.72. The average Bonchev–Trinajstić information content (AvgIpc) is 3.13. The van der Waals surface area contributed by atoms with Gasteiger partial charge in [-0.25, -0.2) is 4.98 Å². The van der Waals surface area contributed by atoms with Crippen LogP contribution in [0.25, 0.3) is 0 Å². The molecule has 1 aromatic heterocycles. The Kier molecular flexibility index (Phi) is 2.86. The van der Waals surface area contributed by atoms with Crippen LogP contribution in [0.2, 0.25) is 0 Å². The Morgan fingerprint density at radius 1 is 1.30 bits per heavy atom. The summed E-state index contributed by atoms with van der Waals surface area (Å²) in [7, 11) is 0. The molecule has 0 saturated carbocycles. The number of oxazole rings is 1. The first kappa shape index (κ1) is 12.1. The summed E-state index contributed by atoms with van der Waals surface area (Å²) in [6.45, 7) is 3.49. The van der Waals surface area contributed by atoms with Gasteiger partial charge in [-0.2, -0.15) is 0 Å². The van der Waals surface area contributed by atoms with Gasteiger partial charge in [-0.1, -0.05) is 30.3 Å². The van der Waals surface area contributed by atoms with Gasteiger partial charge >= 0.3 is 0 Å². The van der Waals surface area contributed by atoms with Crippen molar-refractivity contribution in [1.29, 1.82) is 0 Å². The fourth-order valence-electron chi connectivity index (χ4n) is 3.50. The van der Waals surface area contributed by atoms with Crippen molar-refractivity contribution in [2.45, 2.75) is 11.8 Å². The molecule has 4 rings (SSSR count). The zero-order valence-corrected chi connectivity index (χ0v) is 11.3. The van der Waals surface area contributed by atoms with Gasteiger partial charge in [0.05, 0.1) is 24.3 Å². The SMILES string of the molecule is c1ccc(Cc2ncoc2[C@]23CNC[C@H]2COC3)cc1. The number of rotatable bonds is 3. The number of hydrogen-bond donors (Lipinski definition) is 1. The molecule has 0 bridgehead atoms. The van der Waals surface area contributed by atoms with E-state index in [1.807, 2.05) is 6.07 Å². The minimum Gasteiger partial charge on any atom is -0.447 e. The molecule has 2 aromatic rings. The van der Waals surface area contributed by atoms with Gasteiger partial charge in [-0.05, 0) is 5.56 Å². The molecule has 0 radical (unpaired) electrons. The van der Waals surface area contributed by atoms with Crippen molar-refractivity contribution >= 4 is 0 Å². The van der Waals surface area contributed by atoms with Crippen LogP contribution in [0.3, 0.4) is 0 Å². The predicted octanol–water partition coefficient (Wildman–Crippen LogP) is 1.75. The van der Waals surface area contributed by atoms with Crippen LogP contribution in [-0.2, 0) is 16.6 Å². The second-order valence-electron chi connectivity index (χ2n) is 5.79. The van der Waals surface area contributed by atoms with Crippen molar-refractivity contribution in [2.24, 2.45) is 5.92 Å². The molecule has 1 aromatic carbocycles. The molecule has 0 unspecified atom stereocenters. The third-order valence-corrected chi connectivity index (χ3v) is 4.60. The fourth-order valence-corrected chi connectivity index (χ4v) is 3.50. The molecule has 104 valence electrons. The topological polar surface area (TPSA) is 47.3 Å². The van der Waals surface area contributed by atoms with E-state index in [0.29, 0.717) is 5.92 Å². The first-order valence-electron chi connectivity index (χ1n) is 7.14. The monoisotopic (exact) mass is 270 g/mol. The molecule has 4 heteroatoms. The minimum absolute atomic E-state index is 0.0133. The highest BCUT2D eigenvalue weighted by Crippen LogP contribution is 2.42. The van der Waals surface area contributed by atoms with E-state index in [9.17, 15) is 0 Å². The maximum absolute atomic E-state index is 5.79.